The fourth-order valence-corrected chi connectivity index (χ4v) is 3.49. The lowest BCUT2D eigenvalue weighted by molar-refractivity contribution is 0.0616. The lowest BCUT2D eigenvalue weighted by atomic mass is 9.87. The summed E-state index contributed by atoms with van der Waals surface area (Å²) >= 11 is 0. The largest absolute Gasteiger partial charge is 0.308 e. The molecule has 1 N–H and O–H groups in total. The van der Waals surface area contributed by atoms with Crippen LogP contribution >= 0.6 is 0 Å². The molecule has 2 nitrogen and oxygen atoms in total. The van der Waals surface area contributed by atoms with Crippen molar-refractivity contribution in [2.75, 3.05) is 13.1 Å². The van der Waals surface area contributed by atoms with Gasteiger partial charge in [0.1, 0.15) is 0 Å². The molecule has 0 bridgehead atoms. The highest BCUT2D eigenvalue weighted by molar-refractivity contribution is 5.21. The molecule has 1 aromatic carbocycles. The molecule has 1 unspecified atom stereocenters. The highest BCUT2D eigenvalue weighted by Gasteiger charge is 2.36. The number of hydrogen-bond acceptors (Lipinski definition) is 2. The second-order valence-corrected chi connectivity index (χ2v) is 6.70. The molecule has 0 saturated carbocycles. The summed E-state index contributed by atoms with van der Waals surface area (Å²) in [6.07, 6.45) is 4.99. The molecule has 1 atom stereocenters. The number of nitrogens with zero attached hydrogens (tertiary/aromatic N) is 1. The Morgan fingerprint density at radius 3 is 2.38 bits per heavy atom. The summed E-state index contributed by atoms with van der Waals surface area (Å²) < 4.78 is 0. The van der Waals surface area contributed by atoms with Gasteiger partial charge in [0.25, 0.3) is 0 Å². The van der Waals surface area contributed by atoms with E-state index in [1.165, 1.54) is 43.4 Å². The van der Waals surface area contributed by atoms with Crippen LogP contribution in [0.3, 0.4) is 0 Å². The van der Waals surface area contributed by atoms with Crippen molar-refractivity contribution in [1.29, 1.82) is 0 Å². The summed E-state index contributed by atoms with van der Waals surface area (Å²) in [4.78, 5) is 2.72. The summed E-state index contributed by atoms with van der Waals surface area (Å²) in [6, 6.07) is 9.74. The summed E-state index contributed by atoms with van der Waals surface area (Å²) in [7, 11) is 0. The fourth-order valence-electron chi connectivity index (χ4n) is 3.49. The van der Waals surface area contributed by atoms with Crippen molar-refractivity contribution < 1.29 is 0 Å². The van der Waals surface area contributed by atoms with Crippen LogP contribution in [0.15, 0.2) is 24.3 Å². The molecule has 0 aliphatic carbocycles. The van der Waals surface area contributed by atoms with Gasteiger partial charge in [0, 0.05) is 31.2 Å². The van der Waals surface area contributed by atoms with Crippen molar-refractivity contribution in [1.82, 2.24) is 10.2 Å². The Hall–Kier alpha value is -0.860. The van der Waals surface area contributed by atoms with E-state index in [4.69, 9.17) is 0 Å². The van der Waals surface area contributed by atoms with Crippen LogP contribution in [0.4, 0.5) is 0 Å². The molecule has 2 heteroatoms. The van der Waals surface area contributed by atoms with Crippen molar-refractivity contribution in [2.24, 2.45) is 0 Å². The van der Waals surface area contributed by atoms with E-state index in [2.05, 4.69) is 62.2 Å². The van der Waals surface area contributed by atoms with Crippen molar-refractivity contribution in [3.8, 4) is 0 Å². The Morgan fingerprint density at radius 2 is 1.81 bits per heavy atom. The van der Waals surface area contributed by atoms with Crippen LogP contribution in [0.25, 0.3) is 0 Å². The lowest BCUT2D eigenvalue weighted by Gasteiger charge is -2.47. The van der Waals surface area contributed by atoms with Crippen LogP contribution in [0, 0.1) is 6.92 Å². The van der Waals surface area contributed by atoms with Gasteiger partial charge in [-0.25, -0.2) is 0 Å². The van der Waals surface area contributed by atoms with E-state index in [1.807, 2.05) is 0 Å². The maximum absolute atomic E-state index is 3.85. The molecule has 1 aromatic rings. The number of piperazine rings is 1. The van der Waals surface area contributed by atoms with Crippen molar-refractivity contribution >= 4 is 0 Å². The van der Waals surface area contributed by atoms with E-state index >= 15 is 0 Å². The summed E-state index contributed by atoms with van der Waals surface area (Å²) in [5, 5.41) is 3.85. The summed E-state index contributed by atoms with van der Waals surface area (Å²) in [6.45, 7) is 12.5. The van der Waals surface area contributed by atoms with Crippen LogP contribution in [0.1, 0.15) is 57.6 Å². The first-order valence-corrected chi connectivity index (χ1v) is 8.67. The topological polar surface area (TPSA) is 15.3 Å². The molecule has 1 heterocycles. The average Bonchev–Trinajstić information content (AvgIpc) is 2.51. The molecule has 0 spiro atoms. The Morgan fingerprint density at radius 1 is 1.14 bits per heavy atom. The Bertz CT molecular complexity index is 420. The highest BCUT2D eigenvalue weighted by Crippen LogP contribution is 2.26. The van der Waals surface area contributed by atoms with Gasteiger partial charge in [0.2, 0.25) is 0 Å². The van der Waals surface area contributed by atoms with Gasteiger partial charge in [-0.3, -0.25) is 4.90 Å². The van der Waals surface area contributed by atoms with Crippen LogP contribution in [-0.4, -0.2) is 29.6 Å². The van der Waals surface area contributed by atoms with Crippen LogP contribution in [0.2, 0.25) is 0 Å². The number of nitrogens with one attached hydrogen (secondary N) is 1. The van der Waals surface area contributed by atoms with Gasteiger partial charge in [0.05, 0.1) is 0 Å². The van der Waals surface area contributed by atoms with E-state index < -0.39 is 0 Å². The van der Waals surface area contributed by atoms with Gasteiger partial charge in [0.15, 0.2) is 0 Å². The minimum atomic E-state index is 0.314. The SMILES string of the molecule is CCCC1CNC(CC)(CC)CN1Cc1ccc(C)cc1. The standard InChI is InChI=1S/C19H32N2/c1-5-8-18-13-20-19(6-2,7-3)15-21(18)14-17-11-9-16(4)10-12-17/h9-12,18,20H,5-8,13-15H2,1-4H3. The van der Waals surface area contributed by atoms with Crippen molar-refractivity contribution in [3.05, 3.63) is 35.4 Å². The predicted molar refractivity (Wildman–Crippen MR) is 91.6 cm³/mol. The number of benzene rings is 1. The van der Waals surface area contributed by atoms with E-state index in [0.29, 0.717) is 11.6 Å². The van der Waals surface area contributed by atoms with Gasteiger partial charge >= 0.3 is 0 Å². The van der Waals surface area contributed by atoms with Gasteiger partial charge < -0.3 is 5.32 Å². The molecular formula is C19H32N2. The number of rotatable bonds is 6. The average molecular weight is 288 g/mol. The van der Waals surface area contributed by atoms with E-state index in [0.717, 1.165) is 13.1 Å². The van der Waals surface area contributed by atoms with Gasteiger partial charge in [-0.15, -0.1) is 0 Å². The number of aryl methyl sites for hydroxylation is 1. The smallest absolute Gasteiger partial charge is 0.0304 e. The molecule has 0 aromatic heterocycles. The third-order valence-electron chi connectivity index (χ3n) is 5.22. The van der Waals surface area contributed by atoms with Gasteiger partial charge in [-0.05, 0) is 31.7 Å². The van der Waals surface area contributed by atoms with Gasteiger partial charge in [-0.1, -0.05) is 57.0 Å². The second-order valence-electron chi connectivity index (χ2n) is 6.70. The molecule has 1 fully saturated rings. The normalized spacial score (nSPS) is 22.4. The fraction of sp³-hybridized carbons (Fsp3) is 0.684. The van der Waals surface area contributed by atoms with Crippen LogP contribution < -0.4 is 5.32 Å². The molecule has 0 amide bonds. The zero-order valence-corrected chi connectivity index (χ0v) is 14.3. The zero-order valence-electron chi connectivity index (χ0n) is 14.3. The first-order valence-electron chi connectivity index (χ1n) is 8.67. The van der Waals surface area contributed by atoms with E-state index in [-0.39, 0.29) is 0 Å². The maximum Gasteiger partial charge on any atom is 0.0304 e. The quantitative estimate of drug-likeness (QED) is 0.847. The van der Waals surface area contributed by atoms with Gasteiger partial charge in [-0.2, -0.15) is 0 Å². The molecule has 118 valence electrons. The van der Waals surface area contributed by atoms with Crippen molar-refractivity contribution in [3.63, 3.8) is 0 Å². The minimum absolute atomic E-state index is 0.314. The molecule has 1 aliphatic rings. The predicted octanol–water partition coefficient (Wildman–Crippen LogP) is 4.13. The second kappa shape index (κ2) is 7.42. The first kappa shape index (κ1) is 16.5. The van der Waals surface area contributed by atoms with E-state index in [1.54, 1.807) is 0 Å². The van der Waals surface area contributed by atoms with Crippen molar-refractivity contribution in [2.45, 2.75) is 71.5 Å². The molecule has 2 rings (SSSR count). The number of hydrogen-bond donors (Lipinski definition) is 1. The van der Waals surface area contributed by atoms with E-state index in [9.17, 15) is 0 Å². The van der Waals surface area contributed by atoms with Crippen LogP contribution in [0.5, 0.6) is 0 Å². The zero-order chi connectivity index (χ0) is 15.3. The molecule has 1 saturated heterocycles. The Labute approximate surface area is 130 Å². The minimum Gasteiger partial charge on any atom is -0.308 e. The highest BCUT2D eigenvalue weighted by atomic mass is 15.3. The Kier molecular flexibility index (Phi) is 5.83. The Balaban J connectivity index is 2.11. The maximum atomic E-state index is 3.85. The third-order valence-corrected chi connectivity index (χ3v) is 5.22. The summed E-state index contributed by atoms with van der Waals surface area (Å²) in [5.74, 6) is 0. The molecule has 1 aliphatic heterocycles. The lowest BCUT2D eigenvalue weighted by Crippen LogP contribution is -2.63. The third kappa shape index (κ3) is 4.08. The van der Waals surface area contributed by atoms with Crippen LogP contribution in [-0.2, 0) is 6.54 Å². The molecule has 21 heavy (non-hydrogen) atoms. The molecule has 0 radical (unpaired) electrons. The summed E-state index contributed by atoms with van der Waals surface area (Å²) in [5.41, 5.74) is 3.11. The molecular weight excluding hydrogens is 256 g/mol. The first-order chi connectivity index (χ1) is 10.1. The monoisotopic (exact) mass is 288 g/mol.